The van der Waals surface area contributed by atoms with Crippen LogP contribution in [0.4, 0.5) is 15.8 Å². The van der Waals surface area contributed by atoms with Crippen LogP contribution < -0.4 is 9.79 Å². The number of carbonyl (C=O) groups excluding carboxylic acids is 1. The Balaban J connectivity index is 2.05. The molecule has 150 valence electrons. The number of amides is 1. The number of carbonyl (C=O) groups is 1. The summed E-state index contributed by atoms with van der Waals surface area (Å²) in [5.74, 6) is -2.37. The Morgan fingerprint density at radius 2 is 1.45 bits per heavy atom. The van der Waals surface area contributed by atoms with E-state index in [4.69, 9.17) is 5.21 Å². The zero-order valence-corrected chi connectivity index (χ0v) is 15.8. The highest BCUT2D eigenvalue weighted by Gasteiger charge is 2.26. The first-order chi connectivity index (χ1) is 13.8. The molecule has 3 aromatic carbocycles. The molecule has 3 aromatic rings. The molecule has 0 aromatic heterocycles. The van der Waals surface area contributed by atoms with E-state index in [0.717, 1.165) is 6.07 Å². The Kier molecular flexibility index (Phi) is 5.92. The molecule has 0 radical (unpaired) electrons. The van der Waals surface area contributed by atoms with Crippen molar-refractivity contribution in [1.82, 2.24) is 5.48 Å². The Morgan fingerprint density at radius 3 is 2.00 bits per heavy atom. The summed E-state index contributed by atoms with van der Waals surface area (Å²) >= 11 is 0. The van der Waals surface area contributed by atoms with Gasteiger partial charge in [0.25, 0.3) is 5.91 Å². The highest BCUT2D eigenvalue weighted by Crippen LogP contribution is 2.32. The van der Waals surface area contributed by atoms with Gasteiger partial charge in [-0.1, -0.05) is 54.6 Å². The second kappa shape index (κ2) is 8.39. The van der Waals surface area contributed by atoms with Gasteiger partial charge in [0.1, 0.15) is 5.82 Å². The fourth-order valence-electron chi connectivity index (χ4n) is 3.02. The van der Waals surface area contributed by atoms with Gasteiger partial charge in [-0.3, -0.25) is 14.6 Å². The average Bonchev–Trinajstić information content (AvgIpc) is 2.71. The molecule has 0 aliphatic carbocycles. The molecule has 0 spiro atoms. The summed E-state index contributed by atoms with van der Waals surface area (Å²) in [7, 11) is -4.83. The van der Waals surface area contributed by atoms with Crippen LogP contribution in [-0.2, 0) is 15.1 Å². The number of halogens is 1. The first-order valence-corrected chi connectivity index (χ1v) is 9.83. The minimum absolute atomic E-state index is 0.0300. The van der Waals surface area contributed by atoms with E-state index in [1.807, 2.05) is 0 Å². The first-order valence-electron chi connectivity index (χ1n) is 8.44. The third-order valence-electron chi connectivity index (χ3n) is 4.27. The topological polar surface area (TPSA) is 107 Å². The second-order valence-corrected chi connectivity index (χ2v) is 7.37. The number of benzene rings is 3. The highest BCUT2D eigenvalue weighted by molar-refractivity contribution is 7.87. The van der Waals surface area contributed by atoms with Crippen molar-refractivity contribution in [3.63, 3.8) is 0 Å². The van der Waals surface area contributed by atoms with Crippen molar-refractivity contribution in [2.45, 2.75) is 5.92 Å². The van der Waals surface area contributed by atoms with E-state index >= 15 is 0 Å². The Morgan fingerprint density at radius 1 is 0.897 bits per heavy atom. The number of anilines is 2. The summed E-state index contributed by atoms with van der Waals surface area (Å²) in [4.78, 5) is 12.2. The summed E-state index contributed by atoms with van der Waals surface area (Å²) in [6, 6.07) is 19.3. The van der Waals surface area contributed by atoms with Crippen LogP contribution >= 0.6 is 0 Å². The Labute approximate surface area is 166 Å². The summed E-state index contributed by atoms with van der Waals surface area (Å²) in [5, 5.41) is 9.09. The van der Waals surface area contributed by atoms with Gasteiger partial charge in [0.2, 0.25) is 0 Å². The van der Waals surface area contributed by atoms with Crippen molar-refractivity contribution in [1.29, 1.82) is 0 Å². The maximum atomic E-state index is 14.1. The number of para-hydroxylation sites is 1. The molecular weight excluding hydrogens is 399 g/mol. The average molecular weight is 416 g/mol. The van der Waals surface area contributed by atoms with E-state index in [1.165, 1.54) is 42.5 Å². The van der Waals surface area contributed by atoms with Crippen molar-refractivity contribution in [3.8, 4) is 0 Å². The van der Waals surface area contributed by atoms with Gasteiger partial charge in [0.15, 0.2) is 0 Å². The third kappa shape index (κ3) is 4.43. The van der Waals surface area contributed by atoms with Gasteiger partial charge < -0.3 is 0 Å². The normalized spacial score (nSPS) is 12.2. The molecule has 3 rings (SSSR count). The molecule has 0 bridgehead atoms. The molecule has 7 nitrogen and oxygen atoms in total. The van der Waals surface area contributed by atoms with Crippen LogP contribution in [0, 0.1) is 5.82 Å². The van der Waals surface area contributed by atoms with Crippen molar-refractivity contribution >= 4 is 27.6 Å². The number of nitrogens with one attached hydrogen (secondary N) is 1. The predicted molar refractivity (Wildman–Crippen MR) is 105 cm³/mol. The maximum absolute atomic E-state index is 14.1. The monoisotopic (exact) mass is 416 g/mol. The largest absolute Gasteiger partial charge is 0.364 e. The van der Waals surface area contributed by atoms with Gasteiger partial charge >= 0.3 is 10.3 Å². The lowest BCUT2D eigenvalue weighted by Gasteiger charge is -2.22. The van der Waals surface area contributed by atoms with E-state index in [1.54, 1.807) is 35.8 Å². The summed E-state index contributed by atoms with van der Waals surface area (Å²) in [5.41, 5.74) is 2.30. The lowest BCUT2D eigenvalue weighted by molar-refractivity contribution is -0.129. The van der Waals surface area contributed by atoms with Crippen LogP contribution in [-0.4, -0.2) is 24.1 Å². The van der Waals surface area contributed by atoms with Crippen LogP contribution in [0.3, 0.4) is 0 Å². The van der Waals surface area contributed by atoms with E-state index in [9.17, 15) is 22.2 Å². The fraction of sp³-hybridized carbons (Fsp3) is 0.0500. The number of hydroxylamine groups is 1. The summed E-state index contributed by atoms with van der Waals surface area (Å²) < 4.78 is 48.0. The number of rotatable bonds is 6. The quantitative estimate of drug-likeness (QED) is 0.324. The van der Waals surface area contributed by atoms with E-state index in [-0.39, 0.29) is 11.4 Å². The fourth-order valence-corrected chi connectivity index (χ4v) is 3.81. The van der Waals surface area contributed by atoms with Crippen molar-refractivity contribution < 1.29 is 27.4 Å². The molecule has 0 saturated heterocycles. The molecule has 0 aliphatic rings. The minimum Gasteiger partial charge on any atom is -0.289 e. The molecule has 3 N–H and O–H groups in total. The zero-order chi connectivity index (χ0) is 21.0. The van der Waals surface area contributed by atoms with Crippen LogP contribution in [0.25, 0.3) is 0 Å². The molecular formula is C20H17FN2O5S. The molecule has 0 fully saturated rings. The van der Waals surface area contributed by atoms with Gasteiger partial charge in [-0.05, 0) is 35.4 Å². The minimum atomic E-state index is -4.83. The van der Waals surface area contributed by atoms with Gasteiger partial charge in [0, 0.05) is 0 Å². The molecule has 0 heterocycles. The molecule has 0 saturated carbocycles. The Hall–Kier alpha value is -3.27. The smallest absolute Gasteiger partial charge is 0.289 e. The zero-order valence-electron chi connectivity index (χ0n) is 14.9. The first kappa shape index (κ1) is 20.5. The van der Waals surface area contributed by atoms with E-state index < -0.39 is 27.9 Å². The SMILES string of the molecule is O=C(NO)C(c1ccccc1)c1ccc(N(c2ccccc2F)S(=O)(=O)O)cc1. The van der Waals surface area contributed by atoms with Crippen molar-refractivity contribution in [2.75, 3.05) is 4.31 Å². The standard InChI is InChI=1S/C20H17FN2O5S/c21-17-8-4-5-9-18(17)23(29(26,27)28)16-12-10-15(11-13-16)19(20(24)22-25)14-6-2-1-3-7-14/h1-13,19,25H,(H,22,24)(H,26,27,28). The molecule has 29 heavy (non-hydrogen) atoms. The van der Waals surface area contributed by atoms with Crippen LogP contribution in [0.1, 0.15) is 17.0 Å². The molecule has 9 heteroatoms. The second-order valence-electron chi connectivity index (χ2n) is 6.10. The van der Waals surface area contributed by atoms with E-state index in [2.05, 4.69) is 0 Å². The van der Waals surface area contributed by atoms with E-state index in [0.29, 0.717) is 15.4 Å². The van der Waals surface area contributed by atoms with Crippen LogP contribution in [0.2, 0.25) is 0 Å². The third-order valence-corrected chi connectivity index (χ3v) is 5.14. The van der Waals surface area contributed by atoms with Gasteiger partial charge in [-0.25, -0.2) is 14.2 Å². The van der Waals surface area contributed by atoms with Gasteiger partial charge in [-0.15, -0.1) is 0 Å². The molecule has 0 aliphatic heterocycles. The number of nitrogens with zero attached hydrogens (tertiary/aromatic N) is 1. The molecule has 1 unspecified atom stereocenters. The lowest BCUT2D eigenvalue weighted by atomic mass is 9.90. The lowest BCUT2D eigenvalue weighted by Crippen LogP contribution is -2.28. The van der Waals surface area contributed by atoms with Gasteiger partial charge in [-0.2, -0.15) is 8.42 Å². The van der Waals surface area contributed by atoms with Crippen LogP contribution in [0.15, 0.2) is 78.9 Å². The summed E-state index contributed by atoms with van der Waals surface area (Å²) in [6.45, 7) is 0. The molecule has 1 amide bonds. The van der Waals surface area contributed by atoms with Crippen LogP contribution in [0.5, 0.6) is 0 Å². The van der Waals surface area contributed by atoms with Crippen molar-refractivity contribution in [3.05, 3.63) is 95.8 Å². The Bertz CT molecular complexity index is 1110. The van der Waals surface area contributed by atoms with Crippen molar-refractivity contribution in [2.24, 2.45) is 0 Å². The maximum Gasteiger partial charge on any atom is 0.364 e. The predicted octanol–water partition coefficient (Wildman–Crippen LogP) is 3.40. The number of hydrogen-bond acceptors (Lipinski definition) is 4. The summed E-state index contributed by atoms with van der Waals surface area (Å²) in [6.07, 6.45) is 0. The number of hydrogen-bond donors (Lipinski definition) is 3. The highest BCUT2D eigenvalue weighted by atomic mass is 32.2. The molecule has 1 atom stereocenters. The van der Waals surface area contributed by atoms with Gasteiger partial charge in [0.05, 0.1) is 17.3 Å².